The summed E-state index contributed by atoms with van der Waals surface area (Å²) in [6.07, 6.45) is -32.0. The zero-order valence-electron chi connectivity index (χ0n) is 12.3. The molecule has 0 fully saturated rings. The highest BCUT2D eigenvalue weighted by Gasteiger charge is 2.89. The van der Waals surface area contributed by atoms with Crippen molar-refractivity contribution >= 4 is 6.16 Å². The third-order valence-corrected chi connectivity index (χ3v) is 2.48. The summed E-state index contributed by atoms with van der Waals surface area (Å²) < 4.78 is 196. The van der Waals surface area contributed by atoms with Crippen LogP contribution < -0.4 is 0 Å². The molecule has 0 aromatic rings. The largest absolute Gasteiger partial charge is 0.512 e. The summed E-state index contributed by atoms with van der Waals surface area (Å²) in [4.78, 5) is 10.2. The SMILES string of the molecule is COC(=O)OC(F)(F)C(F)(F)OC(F)(F)C(F)(F)C(F)(F)C(F)(F)C(F)(F)F. The molecule has 28 heavy (non-hydrogen) atoms. The molecule has 0 aliphatic rings. The Kier molecular flexibility index (Phi) is 6.45. The van der Waals surface area contributed by atoms with Crippen molar-refractivity contribution in [3.05, 3.63) is 0 Å². The molecule has 0 aromatic heterocycles. The summed E-state index contributed by atoms with van der Waals surface area (Å²) in [6, 6.07) is 0. The maximum Gasteiger partial charge on any atom is 0.512 e. The van der Waals surface area contributed by atoms with Gasteiger partial charge in [-0.05, 0) is 0 Å². The van der Waals surface area contributed by atoms with Gasteiger partial charge in [-0.25, -0.2) is 9.53 Å². The van der Waals surface area contributed by atoms with E-state index in [-0.39, 0.29) is 7.11 Å². The van der Waals surface area contributed by atoms with Gasteiger partial charge in [-0.2, -0.15) is 65.9 Å². The molecule has 0 N–H and O–H groups in total. The number of halogens is 15. The van der Waals surface area contributed by atoms with Crippen molar-refractivity contribution < 1.29 is 84.9 Å². The van der Waals surface area contributed by atoms with Gasteiger partial charge in [-0.3, -0.25) is 0 Å². The first kappa shape index (κ1) is 26.2. The van der Waals surface area contributed by atoms with E-state index in [1.807, 2.05) is 0 Å². The normalized spacial score (nSPS) is 15.4. The Hall–Kier alpha value is -1.82. The molecular weight excluding hydrogens is 457 g/mol. The van der Waals surface area contributed by atoms with Crippen LogP contribution >= 0.6 is 0 Å². The van der Waals surface area contributed by atoms with Crippen LogP contribution in [0.15, 0.2) is 0 Å². The van der Waals surface area contributed by atoms with Crippen molar-refractivity contribution in [2.45, 2.75) is 42.3 Å². The highest BCUT2D eigenvalue weighted by atomic mass is 19.4. The molecule has 0 atom stereocenters. The summed E-state index contributed by atoms with van der Waals surface area (Å²) in [5.41, 5.74) is 0. The molecule has 0 spiro atoms. The van der Waals surface area contributed by atoms with Gasteiger partial charge in [0.25, 0.3) is 0 Å². The van der Waals surface area contributed by atoms with Gasteiger partial charge in [-0.15, -0.1) is 0 Å². The topological polar surface area (TPSA) is 44.8 Å². The van der Waals surface area contributed by atoms with E-state index in [4.69, 9.17) is 0 Å². The third-order valence-electron chi connectivity index (χ3n) is 2.48. The molecule has 0 unspecified atom stereocenters. The van der Waals surface area contributed by atoms with E-state index in [2.05, 4.69) is 9.47 Å². The highest BCUT2D eigenvalue weighted by molar-refractivity contribution is 5.60. The van der Waals surface area contributed by atoms with Crippen LogP contribution in [0, 0.1) is 0 Å². The number of carbonyl (C=O) groups is 1. The molecule has 0 heterocycles. The fourth-order valence-electron chi connectivity index (χ4n) is 1.05. The van der Waals surface area contributed by atoms with E-state index in [0.717, 1.165) is 0 Å². The van der Waals surface area contributed by atoms with Gasteiger partial charge in [0.15, 0.2) is 0 Å². The van der Waals surface area contributed by atoms with Crippen molar-refractivity contribution in [1.29, 1.82) is 0 Å². The Balaban J connectivity index is 6.07. The molecule has 19 heteroatoms. The van der Waals surface area contributed by atoms with Crippen LogP contribution in [0.2, 0.25) is 0 Å². The zero-order chi connectivity index (χ0) is 23.2. The van der Waals surface area contributed by atoms with Gasteiger partial charge in [0.05, 0.1) is 7.11 Å². The summed E-state index contributed by atoms with van der Waals surface area (Å²) >= 11 is 0. The first-order valence-electron chi connectivity index (χ1n) is 5.72. The van der Waals surface area contributed by atoms with Gasteiger partial charge in [0.2, 0.25) is 0 Å². The average molecular weight is 460 g/mol. The average Bonchev–Trinajstić information content (AvgIpc) is 2.43. The van der Waals surface area contributed by atoms with Crippen molar-refractivity contribution in [1.82, 2.24) is 0 Å². The predicted octanol–water partition coefficient (Wildman–Crippen LogP) is 5.03. The van der Waals surface area contributed by atoms with E-state index < -0.39 is 48.4 Å². The van der Waals surface area contributed by atoms with Gasteiger partial charge < -0.3 is 9.47 Å². The molecule has 0 aromatic carbocycles. The summed E-state index contributed by atoms with van der Waals surface area (Å²) in [5.74, 6) is -24.3. The maximum atomic E-state index is 12.9. The molecule has 0 rings (SSSR count). The maximum absolute atomic E-state index is 12.9. The predicted molar refractivity (Wildman–Crippen MR) is 50.3 cm³/mol. The van der Waals surface area contributed by atoms with E-state index in [9.17, 15) is 70.7 Å². The molecule has 168 valence electrons. The fraction of sp³-hybridized carbons (Fsp3) is 0.889. The monoisotopic (exact) mass is 460 g/mol. The first-order valence-corrected chi connectivity index (χ1v) is 5.72. The minimum atomic E-state index is -8.18. The van der Waals surface area contributed by atoms with Gasteiger partial charge in [-0.1, -0.05) is 0 Å². The minimum absolute atomic E-state index is 0.180. The Morgan fingerprint density at radius 2 is 0.964 bits per heavy atom. The van der Waals surface area contributed by atoms with E-state index in [0.29, 0.717) is 0 Å². The van der Waals surface area contributed by atoms with Gasteiger partial charge >= 0.3 is 48.4 Å². The molecule has 0 bridgehead atoms. The molecule has 4 nitrogen and oxygen atoms in total. The van der Waals surface area contributed by atoms with Crippen LogP contribution in [0.5, 0.6) is 0 Å². The quantitative estimate of drug-likeness (QED) is 0.395. The molecule has 0 radical (unpaired) electrons. The molecule has 0 aliphatic carbocycles. The van der Waals surface area contributed by atoms with Crippen LogP contribution in [-0.4, -0.2) is 55.5 Å². The van der Waals surface area contributed by atoms with Gasteiger partial charge in [0, 0.05) is 0 Å². The number of methoxy groups -OCH3 is 1. The number of rotatable bonds is 7. The Morgan fingerprint density at radius 3 is 1.29 bits per heavy atom. The lowest BCUT2D eigenvalue weighted by Gasteiger charge is -2.38. The van der Waals surface area contributed by atoms with Crippen molar-refractivity contribution in [3.8, 4) is 0 Å². The number of alkyl halides is 15. The molecule has 0 aliphatic heterocycles. The second-order valence-electron chi connectivity index (χ2n) is 4.43. The molecule has 0 saturated heterocycles. The van der Waals surface area contributed by atoms with E-state index >= 15 is 0 Å². The van der Waals surface area contributed by atoms with Crippen LogP contribution in [-0.2, 0) is 14.2 Å². The smallest absolute Gasteiger partial charge is 0.437 e. The summed E-state index contributed by atoms with van der Waals surface area (Å²) in [7, 11) is 0.180. The Bertz CT molecular complexity index is 581. The number of hydrogen-bond donors (Lipinski definition) is 0. The summed E-state index contributed by atoms with van der Waals surface area (Å²) in [6.45, 7) is 0. The second kappa shape index (κ2) is 6.90. The van der Waals surface area contributed by atoms with Crippen molar-refractivity contribution in [2.24, 2.45) is 0 Å². The Morgan fingerprint density at radius 1 is 0.571 bits per heavy atom. The number of hydrogen-bond acceptors (Lipinski definition) is 4. The third kappa shape index (κ3) is 4.12. The van der Waals surface area contributed by atoms with E-state index in [1.165, 1.54) is 4.74 Å². The first-order chi connectivity index (χ1) is 11.9. The van der Waals surface area contributed by atoms with E-state index in [1.54, 1.807) is 0 Å². The van der Waals surface area contributed by atoms with Crippen LogP contribution in [0.1, 0.15) is 0 Å². The zero-order valence-corrected chi connectivity index (χ0v) is 12.3. The van der Waals surface area contributed by atoms with Crippen molar-refractivity contribution in [3.63, 3.8) is 0 Å². The van der Waals surface area contributed by atoms with Crippen LogP contribution in [0.4, 0.5) is 70.7 Å². The Labute approximate surface area is 142 Å². The minimum Gasteiger partial charge on any atom is -0.437 e. The van der Waals surface area contributed by atoms with Gasteiger partial charge in [0.1, 0.15) is 0 Å². The van der Waals surface area contributed by atoms with Crippen LogP contribution in [0.25, 0.3) is 0 Å². The summed E-state index contributed by atoms with van der Waals surface area (Å²) in [5, 5.41) is 0. The molecular formula is C9H3F15O4. The highest BCUT2D eigenvalue weighted by Crippen LogP contribution is 2.58. The lowest BCUT2D eigenvalue weighted by atomic mass is 10.0. The number of ether oxygens (including phenoxy) is 3. The van der Waals surface area contributed by atoms with Crippen molar-refractivity contribution in [2.75, 3.05) is 7.11 Å². The lowest BCUT2D eigenvalue weighted by Crippen LogP contribution is -2.68. The van der Waals surface area contributed by atoms with Crippen LogP contribution in [0.3, 0.4) is 0 Å². The fourth-order valence-corrected chi connectivity index (χ4v) is 1.05. The molecule has 0 amide bonds. The number of carbonyl (C=O) groups excluding carboxylic acids is 1. The lowest BCUT2D eigenvalue weighted by molar-refractivity contribution is -0.522. The molecule has 0 saturated carbocycles. The standard InChI is InChI=1S/C9H3F15O4/c1-26-2(25)27-8(21,22)9(23,24)28-7(19,20)5(14,15)3(10,11)4(12,13)6(16,17)18/h1H3. The second-order valence-corrected chi connectivity index (χ2v) is 4.43.